The van der Waals surface area contributed by atoms with Gasteiger partial charge in [-0.15, -0.1) is 4.91 Å². The SMILES string of the molecule is CC(CC(=O)O)C(=O)N=O. The zero-order valence-corrected chi connectivity index (χ0v) is 5.40. The van der Waals surface area contributed by atoms with Crippen molar-refractivity contribution in [1.82, 2.24) is 0 Å². The van der Waals surface area contributed by atoms with E-state index < -0.39 is 17.8 Å². The molecule has 10 heavy (non-hydrogen) atoms. The number of hydrogen-bond acceptors (Lipinski definition) is 3. The van der Waals surface area contributed by atoms with Crippen molar-refractivity contribution in [1.29, 1.82) is 0 Å². The van der Waals surface area contributed by atoms with E-state index in [1.807, 2.05) is 0 Å². The van der Waals surface area contributed by atoms with Gasteiger partial charge in [0.05, 0.1) is 12.3 Å². The van der Waals surface area contributed by atoms with Crippen molar-refractivity contribution >= 4 is 11.9 Å². The van der Waals surface area contributed by atoms with Gasteiger partial charge in [0.25, 0.3) is 5.91 Å². The smallest absolute Gasteiger partial charge is 0.304 e. The highest BCUT2D eigenvalue weighted by Crippen LogP contribution is 2.02. The first-order chi connectivity index (χ1) is 4.57. The Morgan fingerprint density at radius 1 is 1.60 bits per heavy atom. The molecule has 0 heterocycles. The first kappa shape index (κ1) is 8.74. The number of aliphatic carboxylic acids is 1. The molecule has 56 valence electrons. The summed E-state index contributed by atoms with van der Waals surface area (Å²) in [5.41, 5.74) is 0. The molecule has 0 rings (SSSR count). The number of amides is 1. The molecular weight excluding hydrogens is 138 g/mol. The lowest BCUT2D eigenvalue weighted by Crippen LogP contribution is -2.12. The minimum Gasteiger partial charge on any atom is -0.481 e. The summed E-state index contributed by atoms with van der Waals surface area (Å²) in [6.45, 7) is 1.35. The molecule has 0 saturated carbocycles. The van der Waals surface area contributed by atoms with Crippen LogP contribution in [0, 0.1) is 10.8 Å². The molecule has 5 nitrogen and oxygen atoms in total. The van der Waals surface area contributed by atoms with Crippen LogP contribution >= 0.6 is 0 Å². The predicted octanol–water partition coefficient (Wildman–Crippen LogP) is 0.390. The first-order valence-electron chi connectivity index (χ1n) is 2.67. The van der Waals surface area contributed by atoms with Crippen LogP contribution in [0.25, 0.3) is 0 Å². The molecule has 0 aliphatic heterocycles. The number of carboxylic acid groups (broad SMARTS) is 1. The van der Waals surface area contributed by atoms with E-state index in [4.69, 9.17) is 5.11 Å². The fourth-order valence-corrected chi connectivity index (χ4v) is 0.439. The Morgan fingerprint density at radius 3 is 2.40 bits per heavy atom. The van der Waals surface area contributed by atoms with E-state index in [1.54, 1.807) is 0 Å². The second-order valence-corrected chi connectivity index (χ2v) is 1.93. The van der Waals surface area contributed by atoms with Crippen LogP contribution in [-0.4, -0.2) is 17.0 Å². The number of nitroso groups, excluding NO2 is 1. The van der Waals surface area contributed by atoms with Gasteiger partial charge in [0, 0.05) is 5.18 Å². The van der Waals surface area contributed by atoms with Crippen LogP contribution in [0.3, 0.4) is 0 Å². The summed E-state index contributed by atoms with van der Waals surface area (Å²) in [4.78, 5) is 29.8. The summed E-state index contributed by atoms with van der Waals surface area (Å²) >= 11 is 0. The minimum absolute atomic E-state index is 0.343. The van der Waals surface area contributed by atoms with Gasteiger partial charge in [-0.3, -0.25) is 9.59 Å². The fraction of sp³-hybridized carbons (Fsp3) is 0.600. The van der Waals surface area contributed by atoms with E-state index >= 15 is 0 Å². The van der Waals surface area contributed by atoms with E-state index in [0.29, 0.717) is 0 Å². The molecule has 0 aliphatic rings. The van der Waals surface area contributed by atoms with Gasteiger partial charge in [0.15, 0.2) is 0 Å². The summed E-state index contributed by atoms with van der Waals surface area (Å²) in [6.07, 6.45) is -0.343. The van der Waals surface area contributed by atoms with Crippen LogP contribution in [0.1, 0.15) is 13.3 Å². The van der Waals surface area contributed by atoms with E-state index in [2.05, 4.69) is 5.18 Å². The molecule has 1 unspecified atom stereocenters. The highest BCUT2D eigenvalue weighted by atomic mass is 16.4. The summed E-state index contributed by atoms with van der Waals surface area (Å²) in [7, 11) is 0. The number of carbonyl (C=O) groups excluding carboxylic acids is 1. The van der Waals surface area contributed by atoms with E-state index in [0.717, 1.165) is 0 Å². The van der Waals surface area contributed by atoms with Crippen molar-refractivity contribution in [3.8, 4) is 0 Å². The topological polar surface area (TPSA) is 83.8 Å². The summed E-state index contributed by atoms with van der Waals surface area (Å²) < 4.78 is 0. The molecule has 0 aromatic rings. The quantitative estimate of drug-likeness (QED) is 0.582. The summed E-state index contributed by atoms with van der Waals surface area (Å²) in [6, 6.07) is 0. The Morgan fingerprint density at radius 2 is 2.10 bits per heavy atom. The molecule has 1 atom stereocenters. The molecular formula is C5H7NO4. The van der Waals surface area contributed by atoms with Crippen LogP contribution in [-0.2, 0) is 9.59 Å². The third kappa shape index (κ3) is 2.91. The zero-order chi connectivity index (χ0) is 8.15. The van der Waals surface area contributed by atoms with Crippen LogP contribution < -0.4 is 0 Å². The normalized spacial score (nSPS) is 12.1. The van der Waals surface area contributed by atoms with Crippen molar-refractivity contribution in [2.75, 3.05) is 0 Å². The van der Waals surface area contributed by atoms with Gasteiger partial charge in [-0.1, -0.05) is 6.92 Å². The van der Waals surface area contributed by atoms with Crippen molar-refractivity contribution in [2.45, 2.75) is 13.3 Å². The second-order valence-electron chi connectivity index (χ2n) is 1.93. The summed E-state index contributed by atoms with van der Waals surface area (Å²) in [5.74, 6) is -2.83. The number of rotatable bonds is 3. The molecule has 0 aliphatic carbocycles. The van der Waals surface area contributed by atoms with Crippen LogP contribution in [0.5, 0.6) is 0 Å². The van der Waals surface area contributed by atoms with Gasteiger partial charge in [0.2, 0.25) is 0 Å². The standard InChI is InChI=1S/C5H7NO4/c1-3(2-4(7)8)5(9)6-10/h3H,2H2,1H3,(H,7,8). The van der Waals surface area contributed by atoms with E-state index in [-0.39, 0.29) is 6.42 Å². The van der Waals surface area contributed by atoms with Crippen LogP contribution in [0.4, 0.5) is 0 Å². The Labute approximate surface area is 57.0 Å². The molecule has 0 radical (unpaired) electrons. The Balaban J connectivity index is 3.84. The van der Waals surface area contributed by atoms with Crippen LogP contribution in [0.2, 0.25) is 0 Å². The fourth-order valence-electron chi connectivity index (χ4n) is 0.439. The molecule has 0 aromatic heterocycles. The van der Waals surface area contributed by atoms with Crippen molar-refractivity contribution in [2.24, 2.45) is 11.1 Å². The van der Waals surface area contributed by atoms with Gasteiger partial charge in [-0.05, 0) is 0 Å². The van der Waals surface area contributed by atoms with E-state index in [9.17, 15) is 14.5 Å². The maximum Gasteiger partial charge on any atom is 0.304 e. The molecule has 0 spiro atoms. The number of carboxylic acids is 1. The Bertz CT molecular complexity index is 165. The number of hydrogen-bond donors (Lipinski definition) is 1. The van der Waals surface area contributed by atoms with Crippen LogP contribution in [0.15, 0.2) is 5.18 Å². The van der Waals surface area contributed by atoms with Gasteiger partial charge >= 0.3 is 5.97 Å². The Kier molecular flexibility index (Phi) is 3.24. The molecule has 1 amide bonds. The highest BCUT2D eigenvalue weighted by molar-refractivity contribution is 5.83. The number of nitrogens with zero attached hydrogens (tertiary/aromatic N) is 1. The first-order valence-corrected chi connectivity index (χ1v) is 2.67. The highest BCUT2D eigenvalue weighted by Gasteiger charge is 2.16. The minimum atomic E-state index is -1.11. The van der Waals surface area contributed by atoms with Gasteiger partial charge in [-0.25, -0.2) is 0 Å². The maximum absolute atomic E-state index is 10.3. The number of carbonyl (C=O) groups is 2. The molecule has 0 bridgehead atoms. The second kappa shape index (κ2) is 3.71. The lowest BCUT2D eigenvalue weighted by molar-refractivity contribution is -0.140. The predicted molar refractivity (Wildman–Crippen MR) is 32.2 cm³/mol. The zero-order valence-electron chi connectivity index (χ0n) is 5.40. The van der Waals surface area contributed by atoms with Gasteiger partial charge in [0.1, 0.15) is 0 Å². The molecule has 0 saturated heterocycles. The maximum atomic E-state index is 10.3. The third-order valence-corrected chi connectivity index (χ3v) is 0.992. The lowest BCUT2D eigenvalue weighted by atomic mass is 10.1. The van der Waals surface area contributed by atoms with Crippen molar-refractivity contribution in [3.05, 3.63) is 4.91 Å². The van der Waals surface area contributed by atoms with Gasteiger partial charge in [-0.2, -0.15) is 0 Å². The van der Waals surface area contributed by atoms with E-state index in [1.165, 1.54) is 6.92 Å². The van der Waals surface area contributed by atoms with Gasteiger partial charge < -0.3 is 5.11 Å². The average Bonchev–Trinajstić information content (AvgIpc) is 1.85. The molecule has 0 aromatic carbocycles. The summed E-state index contributed by atoms with van der Waals surface area (Å²) in [5, 5.41) is 10.2. The largest absolute Gasteiger partial charge is 0.481 e. The monoisotopic (exact) mass is 145 g/mol. The Hall–Kier alpha value is -1.26. The third-order valence-electron chi connectivity index (χ3n) is 0.992. The lowest BCUT2D eigenvalue weighted by Gasteiger charge is -1.97. The molecule has 1 N–H and O–H groups in total. The molecule has 0 fully saturated rings. The van der Waals surface area contributed by atoms with Crippen molar-refractivity contribution in [3.63, 3.8) is 0 Å². The van der Waals surface area contributed by atoms with Crippen molar-refractivity contribution < 1.29 is 14.7 Å². The average molecular weight is 145 g/mol. The molecule has 5 heteroatoms.